The third kappa shape index (κ3) is 6.61. The molecule has 0 spiro atoms. The van der Waals surface area contributed by atoms with Gasteiger partial charge in [-0.2, -0.15) is 5.10 Å². The highest BCUT2D eigenvalue weighted by atomic mass is 127. The third-order valence-corrected chi connectivity index (χ3v) is 6.58. The zero-order chi connectivity index (χ0) is 22.4. The number of guanidine groups is 1. The maximum absolute atomic E-state index is 4.62. The highest BCUT2D eigenvalue weighted by Crippen LogP contribution is 2.33. The number of thioether (sulfide) groups is 1. The molecule has 1 saturated carbocycles. The Labute approximate surface area is 214 Å². The number of aliphatic imine (C=N–C) groups is 1. The quantitative estimate of drug-likeness (QED) is 0.159. The van der Waals surface area contributed by atoms with Gasteiger partial charge >= 0.3 is 0 Å². The predicted octanol–water partition coefficient (Wildman–Crippen LogP) is 4.23. The van der Waals surface area contributed by atoms with E-state index in [4.69, 9.17) is 0 Å². The van der Waals surface area contributed by atoms with E-state index in [1.807, 2.05) is 18.8 Å². The molecule has 32 heavy (non-hydrogen) atoms. The van der Waals surface area contributed by atoms with Crippen molar-refractivity contribution < 1.29 is 0 Å². The third-order valence-electron chi connectivity index (χ3n) is 5.93. The van der Waals surface area contributed by atoms with Gasteiger partial charge in [-0.05, 0) is 31.4 Å². The Kier molecular flexibility index (Phi) is 10.8. The number of aryl methyl sites for hydroxylation is 2. The summed E-state index contributed by atoms with van der Waals surface area (Å²) in [5.41, 5.74) is 2.40. The molecule has 3 rings (SSSR count). The van der Waals surface area contributed by atoms with Gasteiger partial charge in [0.05, 0.1) is 5.69 Å². The first-order valence-electron chi connectivity index (χ1n) is 11.4. The fourth-order valence-corrected chi connectivity index (χ4v) is 5.04. The fraction of sp³-hybridized carbons (Fsp3) is 0.727. The number of hydrogen-bond donors (Lipinski definition) is 1. The molecule has 0 bridgehead atoms. The van der Waals surface area contributed by atoms with E-state index in [0.29, 0.717) is 12.0 Å². The van der Waals surface area contributed by atoms with Gasteiger partial charge in [0, 0.05) is 58.5 Å². The lowest BCUT2D eigenvalue weighted by Gasteiger charge is -2.22. The van der Waals surface area contributed by atoms with Crippen LogP contribution in [0.3, 0.4) is 0 Å². The molecule has 2 heterocycles. The molecule has 0 aromatic carbocycles. The van der Waals surface area contributed by atoms with E-state index in [-0.39, 0.29) is 24.0 Å². The van der Waals surface area contributed by atoms with Crippen molar-refractivity contribution in [3.05, 3.63) is 23.3 Å². The zero-order valence-electron chi connectivity index (χ0n) is 20.3. The van der Waals surface area contributed by atoms with E-state index < -0.39 is 0 Å². The van der Waals surface area contributed by atoms with Crippen LogP contribution in [0, 0.1) is 0 Å². The molecule has 0 atom stereocenters. The average Bonchev–Trinajstić information content (AvgIpc) is 3.47. The minimum atomic E-state index is 0. The summed E-state index contributed by atoms with van der Waals surface area (Å²) in [4.78, 5) is 6.64. The molecular formula is C22H39IN8S. The normalized spacial score (nSPS) is 14.8. The topological polar surface area (TPSA) is 76.2 Å². The molecule has 8 nitrogen and oxygen atoms in total. The van der Waals surface area contributed by atoms with Crippen molar-refractivity contribution in [1.29, 1.82) is 0 Å². The largest absolute Gasteiger partial charge is 0.356 e. The van der Waals surface area contributed by atoms with E-state index in [0.717, 1.165) is 48.6 Å². The Morgan fingerprint density at radius 1 is 1.31 bits per heavy atom. The van der Waals surface area contributed by atoms with Crippen molar-refractivity contribution in [2.24, 2.45) is 12.0 Å². The second-order valence-electron chi connectivity index (χ2n) is 8.71. The van der Waals surface area contributed by atoms with Crippen molar-refractivity contribution in [1.82, 2.24) is 34.8 Å². The molecule has 0 saturated heterocycles. The number of nitrogens with zero attached hydrogens (tertiary/aromatic N) is 7. The van der Waals surface area contributed by atoms with Crippen LogP contribution in [-0.2, 0) is 20.0 Å². The highest BCUT2D eigenvalue weighted by molar-refractivity contribution is 14.0. The first kappa shape index (κ1) is 26.9. The summed E-state index contributed by atoms with van der Waals surface area (Å²) in [5, 5.41) is 18.1. The average molecular weight is 575 g/mol. The highest BCUT2D eigenvalue weighted by Gasteiger charge is 2.23. The Morgan fingerprint density at radius 3 is 2.66 bits per heavy atom. The number of nitrogens with one attached hydrogen (secondary N) is 1. The molecule has 0 aliphatic heterocycles. The van der Waals surface area contributed by atoms with Crippen LogP contribution in [0.1, 0.15) is 75.0 Å². The van der Waals surface area contributed by atoms with Crippen molar-refractivity contribution in [2.45, 2.75) is 76.0 Å². The van der Waals surface area contributed by atoms with Crippen LogP contribution < -0.4 is 5.32 Å². The van der Waals surface area contributed by atoms with Gasteiger partial charge in [0.15, 0.2) is 11.1 Å². The predicted molar refractivity (Wildman–Crippen MR) is 143 cm³/mol. The van der Waals surface area contributed by atoms with E-state index in [9.17, 15) is 0 Å². The summed E-state index contributed by atoms with van der Waals surface area (Å²) >= 11 is 1.70. The lowest BCUT2D eigenvalue weighted by atomic mass is 10.1. The fourth-order valence-electron chi connectivity index (χ4n) is 4.47. The van der Waals surface area contributed by atoms with Gasteiger partial charge in [0.25, 0.3) is 0 Å². The van der Waals surface area contributed by atoms with Gasteiger partial charge in [0.2, 0.25) is 0 Å². The Bertz CT molecular complexity index is 869. The van der Waals surface area contributed by atoms with Crippen LogP contribution in [0.15, 0.2) is 16.3 Å². The summed E-state index contributed by atoms with van der Waals surface area (Å²) < 4.78 is 4.30. The molecule has 10 heteroatoms. The molecule has 1 aliphatic carbocycles. The van der Waals surface area contributed by atoms with Crippen LogP contribution in [0.2, 0.25) is 0 Å². The molecular weight excluding hydrogens is 535 g/mol. The Morgan fingerprint density at radius 2 is 2.03 bits per heavy atom. The number of halogens is 1. The van der Waals surface area contributed by atoms with Gasteiger partial charge in [-0.25, -0.2) is 0 Å². The van der Waals surface area contributed by atoms with Crippen molar-refractivity contribution in [3.8, 4) is 0 Å². The lowest BCUT2D eigenvalue weighted by molar-refractivity contribution is 0.456. The van der Waals surface area contributed by atoms with Crippen LogP contribution in [0.5, 0.6) is 0 Å². The SMILES string of the molecule is CN=C(NCCCc1nnc(SC)n1C1CCCC1)N(C)Cc1cn(C)nc1C(C)C.I. The summed E-state index contributed by atoms with van der Waals surface area (Å²) in [6.07, 6.45) is 11.3. The summed E-state index contributed by atoms with van der Waals surface area (Å²) in [6, 6.07) is 0.578. The Balaban J connectivity index is 0.00000363. The summed E-state index contributed by atoms with van der Waals surface area (Å²) in [6.45, 7) is 6.01. The van der Waals surface area contributed by atoms with Gasteiger partial charge in [-0.3, -0.25) is 9.67 Å². The molecule has 2 aromatic heterocycles. The zero-order valence-corrected chi connectivity index (χ0v) is 23.5. The smallest absolute Gasteiger partial charge is 0.193 e. The summed E-state index contributed by atoms with van der Waals surface area (Å²) in [7, 11) is 5.90. The maximum Gasteiger partial charge on any atom is 0.193 e. The molecule has 1 N–H and O–H groups in total. The molecule has 0 unspecified atom stereocenters. The van der Waals surface area contributed by atoms with Gasteiger partial charge in [-0.15, -0.1) is 34.2 Å². The molecule has 0 amide bonds. The first-order chi connectivity index (χ1) is 14.9. The van der Waals surface area contributed by atoms with Crippen LogP contribution in [0.4, 0.5) is 0 Å². The Hall–Kier alpha value is -1.30. The molecule has 180 valence electrons. The minimum Gasteiger partial charge on any atom is -0.356 e. The number of aromatic nitrogens is 5. The van der Waals surface area contributed by atoms with Crippen LogP contribution in [-0.4, -0.2) is 62.3 Å². The second-order valence-corrected chi connectivity index (χ2v) is 9.49. The molecule has 1 aliphatic rings. The van der Waals surface area contributed by atoms with Gasteiger partial charge < -0.3 is 14.8 Å². The number of rotatable bonds is 9. The molecule has 0 radical (unpaired) electrons. The monoisotopic (exact) mass is 574 g/mol. The van der Waals surface area contributed by atoms with E-state index in [2.05, 4.69) is 68.4 Å². The lowest BCUT2D eigenvalue weighted by Crippen LogP contribution is -2.39. The minimum absolute atomic E-state index is 0. The van der Waals surface area contributed by atoms with Crippen LogP contribution in [0.25, 0.3) is 0 Å². The summed E-state index contributed by atoms with van der Waals surface area (Å²) in [5.74, 6) is 2.43. The van der Waals surface area contributed by atoms with E-state index in [1.54, 1.807) is 11.8 Å². The first-order valence-corrected chi connectivity index (χ1v) is 12.6. The molecule has 2 aromatic rings. The van der Waals surface area contributed by atoms with Crippen molar-refractivity contribution >= 4 is 41.7 Å². The number of hydrogen-bond acceptors (Lipinski definition) is 5. The van der Waals surface area contributed by atoms with Crippen LogP contribution >= 0.6 is 35.7 Å². The van der Waals surface area contributed by atoms with E-state index >= 15 is 0 Å². The van der Waals surface area contributed by atoms with Crippen molar-refractivity contribution in [3.63, 3.8) is 0 Å². The van der Waals surface area contributed by atoms with Gasteiger partial charge in [0.1, 0.15) is 5.82 Å². The maximum atomic E-state index is 4.62. The van der Waals surface area contributed by atoms with Gasteiger partial charge in [-0.1, -0.05) is 38.5 Å². The van der Waals surface area contributed by atoms with Crippen molar-refractivity contribution in [2.75, 3.05) is 26.9 Å². The molecule has 1 fully saturated rings. The second kappa shape index (κ2) is 12.8. The standard InChI is InChI=1S/C22H38N8S.HI/c1-16(2)20-17(15-29(5)27-20)14-28(4)21(23-3)24-13-9-12-19-25-26-22(31-6)30(19)18-10-7-8-11-18;/h15-16,18H,7-14H2,1-6H3,(H,23,24);1H. The van der Waals surface area contributed by atoms with E-state index in [1.165, 1.54) is 31.2 Å².